The standard InChI is InChI=1S/C11H9NO/c1-7-3-8(2)11-9(4-7)5-10(6-12)13-11/h3-5H,1-2H3. The lowest BCUT2D eigenvalue weighted by Gasteiger charge is -1.96. The molecule has 0 aliphatic carbocycles. The Balaban J connectivity index is 2.84. The minimum absolute atomic E-state index is 0.378. The second-order valence-corrected chi connectivity index (χ2v) is 3.22. The van der Waals surface area contributed by atoms with E-state index >= 15 is 0 Å². The number of benzene rings is 1. The summed E-state index contributed by atoms with van der Waals surface area (Å²) in [5.41, 5.74) is 3.09. The summed E-state index contributed by atoms with van der Waals surface area (Å²) in [6.07, 6.45) is 0. The van der Waals surface area contributed by atoms with Crippen LogP contribution in [0, 0.1) is 25.2 Å². The third-order valence-electron chi connectivity index (χ3n) is 2.06. The van der Waals surface area contributed by atoms with E-state index in [0.717, 1.165) is 16.5 Å². The van der Waals surface area contributed by atoms with Crippen LogP contribution in [0.5, 0.6) is 0 Å². The molecule has 0 radical (unpaired) electrons. The van der Waals surface area contributed by atoms with Gasteiger partial charge in [0.05, 0.1) is 0 Å². The number of nitriles is 1. The zero-order valence-corrected chi connectivity index (χ0v) is 7.59. The molecular formula is C11H9NO. The van der Waals surface area contributed by atoms with Crippen LogP contribution in [0.15, 0.2) is 22.6 Å². The van der Waals surface area contributed by atoms with Gasteiger partial charge in [0.15, 0.2) is 0 Å². The first-order valence-corrected chi connectivity index (χ1v) is 4.11. The van der Waals surface area contributed by atoms with Crippen LogP contribution in [0.3, 0.4) is 0 Å². The van der Waals surface area contributed by atoms with Gasteiger partial charge in [-0.05, 0) is 31.0 Å². The van der Waals surface area contributed by atoms with E-state index in [9.17, 15) is 0 Å². The molecule has 2 aromatic rings. The third-order valence-corrected chi connectivity index (χ3v) is 2.06. The number of aryl methyl sites for hydroxylation is 2. The average Bonchev–Trinajstić information content (AvgIpc) is 2.47. The Hall–Kier alpha value is -1.75. The van der Waals surface area contributed by atoms with Crippen LogP contribution < -0.4 is 0 Å². The van der Waals surface area contributed by atoms with Crippen LogP contribution in [-0.4, -0.2) is 0 Å². The van der Waals surface area contributed by atoms with Crippen LogP contribution in [0.4, 0.5) is 0 Å². The Morgan fingerprint density at radius 2 is 2.00 bits per heavy atom. The van der Waals surface area contributed by atoms with Crippen molar-refractivity contribution in [1.29, 1.82) is 5.26 Å². The number of hydrogen-bond acceptors (Lipinski definition) is 2. The van der Waals surface area contributed by atoms with Gasteiger partial charge in [-0.3, -0.25) is 0 Å². The van der Waals surface area contributed by atoms with Crippen molar-refractivity contribution in [2.75, 3.05) is 0 Å². The van der Waals surface area contributed by atoms with E-state index in [1.807, 2.05) is 32.0 Å². The first-order chi connectivity index (χ1) is 6.20. The molecule has 0 saturated carbocycles. The summed E-state index contributed by atoms with van der Waals surface area (Å²) in [6.45, 7) is 4.02. The van der Waals surface area contributed by atoms with E-state index in [1.54, 1.807) is 6.07 Å². The number of furan rings is 1. The maximum Gasteiger partial charge on any atom is 0.204 e. The number of nitrogens with zero attached hydrogens (tertiary/aromatic N) is 1. The van der Waals surface area contributed by atoms with Crippen molar-refractivity contribution in [2.45, 2.75) is 13.8 Å². The molecule has 1 heterocycles. The lowest BCUT2D eigenvalue weighted by Crippen LogP contribution is -1.76. The fourth-order valence-electron chi connectivity index (χ4n) is 1.57. The maximum absolute atomic E-state index is 8.66. The fraction of sp³-hybridized carbons (Fsp3) is 0.182. The molecule has 2 heteroatoms. The lowest BCUT2D eigenvalue weighted by atomic mass is 10.1. The van der Waals surface area contributed by atoms with E-state index < -0.39 is 0 Å². The van der Waals surface area contributed by atoms with Gasteiger partial charge in [-0.25, -0.2) is 0 Å². The van der Waals surface area contributed by atoms with Gasteiger partial charge in [-0.2, -0.15) is 5.26 Å². The third kappa shape index (κ3) is 1.19. The van der Waals surface area contributed by atoms with Crippen molar-refractivity contribution in [1.82, 2.24) is 0 Å². The Labute approximate surface area is 76.4 Å². The fourth-order valence-corrected chi connectivity index (χ4v) is 1.57. The maximum atomic E-state index is 8.66. The van der Waals surface area contributed by atoms with Gasteiger partial charge in [0, 0.05) is 11.5 Å². The Bertz CT molecular complexity index is 503. The minimum Gasteiger partial charge on any atom is -0.445 e. The Kier molecular flexibility index (Phi) is 1.60. The molecule has 0 aliphatic rings. The van der Waals surface area contributed by atoms with Crippen molar-refractivity contribution in [2.24, 2.45) is 0 Å². The highest BCUT2D eigenvalue weighted by Gasteiger charge is 2.05. The van der Waals surface area contributed by atoms with Gasteiger partial charge in [-0.1, -0.05) is 6.07 Å². The van der Waals surface area contributed by atoms with Crippen molar-refractivity contribution < 1.29 is 4.42 Å². The minimum atomic E-state index is 0.378. The van der Waals surface area contributed by atoms with Gasteiger partial charge in [-0.15, -0.1) is 0 Å². The summed E-state index contributed by atoms with van der Waals surface area (Å²) >= 11 is 0. The highest BCUT2D eigenvalue weighted by molar-refractivity contribution is 5.82. The monoisotopic (exact) mass is 171 g/mol. The largest absolute Gasteiger partial charge is 0.445 e. The summed E-state index contributed by atoms with van der Waals surface area (Å²) in [5.74, 6) is 0.378. The first kappa shape index (κ1) is 7.88. The Morgan fingerprint density at radius 3 is 2.69 bits per heavy atom. The molecule has 1 aromatic carbocycles. The number of fused-ring (bicyclic) bond motifs is 1. The average molecular weight is 171 g/mol. The predicted octanol–water partition coefficient (Wildman–Crippen LogP) is 2.92. The molecule has 0 N–H and O–H groups in total. The van der Waals surface area contributed by atoms with E-state index in [0.29, 0.717) is 5.76 Å². The molecule has 0 fully saturated rings. The molecule has 2 rings (SSSR count). The second kappa shape index (κ2) is 2.63. The highest BCUT2D eigenvalue weighted by Crippen LogP contribution is 2.23. The molecule has 64 valence electrons. The normalized spacial score (nSPS) is 10.2. The molecule has 0 saturated heterocycles. The molecule has 0 bridgehead atoms. The van der Waals surface area contributed by atoms with Crippen molar-refractivity contribution >= 4 is 11.0 Å². The molecule has 0 spiro atoms. The lowest BCUT2D eigenvalue weighted by molar-refractivity contribution is 0.597. The summed E-state index contributed by atoms with van der Waals surface area (Å²) in [7, 11) is 0. The molecule has 1 aromatic heterocycles. The van der Waals surface area contributed by atoms with Crippen LogP contribution in [0.1, 0.15) is 16.9 Å². The zero-order valence-electron chi connectivity index (χ0n) is 7.59. The van der Waals surface area contributed by atoms with Crippen molar-refractivity contribution in [3.8, 4) is 6.07 Å². The van der Waals surface area contributed by atoms with E-state index in [-0.39, 0.29) is 0 Å². The van der Waals surface area contributed by atoms with Gasteiger partial charge < -0.3 is 4.42 Å². The Morgan fingerprint density at radius 1 is 1.23 bits per heavy atom. The van der Waals surface area contributed by atoms with E-state index in [4.69, 9.17) is 9.68 Å². The smallest absolute Gasteiger partial charge is 0.204 e. The van der Waals surface area contributed by atoms with E-state index in [1.165, 1.54) is 5.56 Å². The van der Waals surface area contributed by atoms with Crippen LogP contribution in [0.2, 0.25) is 0 Å². The molecule has 0 aliphatic heterocycles. The molecule has 0 atom stereocenters. The quantitative estimate of drug-likeness (QED) is 0.611. The number of hydrogen-bond donors (Lipinski definition) is 0. The summed E-state index contributed by atoms with van der Waals surface area (Å²) in [5, 5.41) is 9.66. The van der Waals surface area contributed by atoms with Gasteiger partial charge >= 0.3 is 0 Å². The van der Waals surface area contributed by atoms with Crippen LogP contribution in [-0.2, 0) is 0 Å². The first-order valence-electron chi connectivity index (χ1n) is 4.11. The van der Waals surface area contributed by atoms with Gasteiger partial charge in [0.25, 0.3) is 0 Å². The molecule has 0 amide bonds. The summed E-state index contributed by atoms with van der Waals surface area (Å²) in [4.78, 5) is 0. The van der Waals surface area contributed by atoms with Crippen molar-refractivity contribution in [3.63, 3.8) is 0 Å². The van der Waals surface area contributed by atoms with Crippen LogP contribution in [0.25, 0.3) is 11.0 Å². The second-order valence-electron chi connectivity index (χ2n) is 3.22. The highest BCUT2D eigenvalue weighted by atomic mass is 16.3. The molecular weight excluding hydrogens is 162 g/mol. The molecule has 13 heavy (non-hydrogen) atoms. The SMILES string of the molecule is Cc1cc(C)c2oc(C#N)cc2c1. The molecule has 2 nitrogen and oxygen atoms in total. The predicted molar refractivity (Wildman–Crippen MR) is 50.4 cm³/mol. The summed E-state index contributed by atoms with van der Waals surface area (Å²) in [6, 6.07) is 7.84. The van der Waals surface area contributed by atoms with Gasteiger partial charge in [0.1, 0.15) is 11.7 Å². The van der Waals surface area contributed by atoms with Crippen LogP contribution >= 0.6 is 0 Å². The van der Waals surface area contributed by atoms with Gasteiger partial charge in [0.2, 0.25) is 5.76 Å². The number of rotatable bonds is 0. The van der Waals surface area contributed by atoms with Crippen molar-refractivity contribution in [3.05, 3.63) is 35.1 Å². The van der Waals surface area contributed by atoms with E-state index in [2.05, 4.69) is 0 Å². The topological polar surface area (TPSA) is 36.9 Å². The zero-order chi connectivity index (χ0) is 9.42. The summed E-state index contributed by atoms with van der Waals surface area (Å²) < 4.78 is 5.34. The molecule has 0 unspecified atom stereocenters.